The Labute approximate surface area is 139 Å². The Bertz CT molecular complexity index is 579. The van der Waals surface area contributed by atoms with Gasteiger partial charge in [-0.3, -0.25) is 4.79 Å². The average Bonchev–Trinajstić information content (AvgIpc) is 3.24. The first kappa shape index (κ1) is 15.2. The number of likely N-dealkylation sites (tertiary alicyclic amines) is 1. The zero-order valence-electron chi connectivity index (χ0n) is 14.1. The number of hydrogen-bond donors (Lipinski definition) is 1. The number of hydrogen-bond acceptors (Lipinski definition) is 2. The van der Waals surface area contributed by atoms with E-state index in [9.17, 15) is 4.79 Å². The molecule has 124 valence electrons. The third kappa shape index (κ3) is 2.80. The first-order chi connectivity index (χ1) is 11.2. The third-order valence-electron chi connectivity index (χ3n) is 6.33. The summed E-state index contributed by atoms with van der Waals surface area (Å²) in [4.78, 5) is 15.3. The molecule has 0 aromatic heterocycles. The lowest BCUT2D eigenvalue weighted by atomic mass is 9.87. The van der Waals surface area contributed by atoms with E-state index in [1.165, 1.54) is 36.8 Å². The Morgan fingerprint density at radius 1 is 1.22 bits per heavy atom. The number of amides is 1. The standard InChI is InChI=1S/C20H28N2O/c1-14-6-2-5-9-17(14)20-18-12-21-11-16(18)13-22(20)19(23)10-15-7-3-4-8-15/h2,5-6,9,15-16,18,20-21H,3-4,7-8,10-13H2,1H3/t16-,18-,20+/m0/s1. The zero-order chi connectivity index (χ0) is 15.8. The summed E-state index contributed by atoms with van der Waals surface area (Å²) in [6, 6.07) is 8.92. The number of carbonyl (C=O) groups excluding carboxylic acids is 1. The number of aryl methyl sites for hydroxylation is 1. The summed E-state index contributed by atoms with van der Waals surface area (Å²) in [6.07, 6.45) is 5.91. The maximum Gasteiger partial charge on any atom is 0.223 e. The highest BCUT2D eigenvalue weighted by molar-refractivity contribution is 5.77. The molecule has 1 aromatic carbocycles. The van der Waals surface area contributed by atoms with Crippen LogP contribution in [-0.2, 0) is 4.79 Å². The van der Waals surface area contributed by atoms with Crippen molar-refractivity contribution in [1.29, 1.82) is 0 Å². The second kappa shape index (κ2) is 6.27. The van der Waals surface area contributed by atoms with Gasteiger partial charge in [0, 0.05) is 32.0 Å². The molecule has 3 aliphatic rings. The van der Waals surface area contributed by atoms with Crippen LogP contribution in [0.3, 0.4) is 0 Å². The van der Waals surface area contributed by atoms with E-state index in [2.05, 4.69) is 41.4 Å². The maximum absolute atomic E-state index is 13.0. The molecule has 0 bridgehead atoms. The van der Waals surface area contributed by atoms with Crippen LogP contribution in [0.5, 0.6) is 0 Å². The predicted octanol–water partition coefficient (Wildman–Crippen LogP) is 3.29. The SMILES string of the molecule is Cc1ccccc1[C@@H]1[C@H]2CNC[C@H]2CN1C(=O)CC1CCCC1. The van der Waals surface area contributed by atoms with Gasteiger partial charge in [0.05, 0.1) is 6.04 Å². The minimum Gasteiger partial charge on any atom is -0.335 e. The van der Waals surface area contributed by atoms with Crippen LogP contribution >= 0.6 is 0 Å². The van der Waals surface area contributed by atoms with E-state index >= 15 is 0 Å². The molecule has 4 rings (SSSR count). The van der Waals surface area contributed by atoms with Gasteiger partial charge in [-0.25, -0.2) is 0 Å². The van der Waals surface area contributed by atoms with Crippen molar-refractivity contribution in [3.8, 4) is 0 Å². The summed E-state index contributed by atoms with van der Waals surface area (Å²) >= 11 is 0. The third-order valence-corrected chi connectivity index (χ3v) is 6.33. The lowest BCUT2D eigenvalue weighted by molar-refractivity contribution is -0.133. The zero-order valence-corrected chi connectivity index (χ0v) is 14.1. The van der Waals surface area contributed by atoms with Gasteiger partial charge in [0.2, 0.25) is 5.91 Å². The molecule has 1 N–H and O–H groups in total. The van der Waals surface area contributed by atoms with Gasteiger partial charge in [-0.2, -0.15) is 0 Å². The Kier molecular flexibility index (Phi) is 4.14. The van der Waals surface area contributed by atoms with E-state index in [0.717, 1.165) is 26.1 Å². The van der Waals surface area contributed by atoms with Gasteiger partial charge in [0.15, 0.2) is 0 Å². The van der Waals surface area contributed by atoms with Crippen molar-refractivity contribution < 1.29 is 4.79 Å². The first-order valence-corrected chi connectivity index (χ1v) is 9.29. The molecule has 3 atom stereocenters. The van der Waals surface area contributed by atoms with Crippen LogP contribution < -0.4 is 5.32 Å². The highest BCUT2D eigenvalue weighted by atomic mass is 16.2. The van der Waals surface area contributed by atoms with Crippen LogP contribution in [-0.4, -0.2) is 30.4 Å². The quantitative estimate of drug-likeness (QED) is 0.929. The van der Waals surface area contributed by atoms with Crippen LogP contribution in [0.25, 0.3) is 0 Å². The van der Waals surface area contributed by atoms with E-state index in [1.54, 1.807) is 0 Å². The summed E-state index contributed by atoms with van der Waals surface area (Å²) in [7, 11) is 0. The van der Waals surface area contributed by atoms with Crippen LogP contribution in [0.4, 0.5) is 0 Å². The molecular formula is C20H28N2O. The molecule has 3 nitrogen and oxygen atoms in total. The van der Waals surface area contributed by atoms with Crippen LogP contribution in [0.1, 0.15) is 49.3 Å². The molecule has 1 saturated carbocycles. The number of fused-ring (bicyclic) bond motifs is 1. The highest BCUT2D eigenvalue weighted by Crippen LogP contribution is 2.44. The molecule has 0 spiro atoms. The van der Waals surface area contributed by atoms with E-state index in [4.69, 9.17) is 0 Å². The molecule has 2 heterocycles. The monoisotopic (exact) mass is 312 g/mol. The lowest BCUT2D eigenvalue weighted by Gasteiger charge is -2.30. The van der Waals surface area contributed by atoms with Crippen LogP contribution in [0, 0.1) is 24.7 Å². The van der Waals surface area contributed by atoms with E-state index in [0.29, 0.717) is 23.7 Å². The number of rotatable bonds is 3. The fourth-order valence-corrected chi connectivity index (χ4v) is 5.07. The average molecular weight is 312 g/mol. The van der Waals surface area contributed by atoms with Gasteiger partial charge in [-0.1, -0.05) is 37.1 Å². The summed E-state index contributed by atoms with van der Waals surface area (Å²) < 4.78 is 0. The Morgan fingerprint density at radius 3 is 2.78 bits per heavy atom. The topological polar surface area (TPSA) is 32.3 Å². The van der Waals surface area contributed by atoms with Crippen molar-refractivity contribution in [3.63, 3.8) is 0 Å². The molecule has 1 aromatic rings. The van der Waals surface area contributed by atoms with Gasteiger partial charge in [0.1, 0.15) is 0 Å². The number of benzene rings is 1. The Balaban J connectivity index is 1.59. The van der Waals surface area contributed by atoms with E-state index in [1.807, 2.05) is 0 Å². The molecule has 2 saturated heterocycles. The maximum atomic E-state index is 13.0. The number of nitrogens with one attached hydrogen (secondary N) is 1. The fourth-order valence-electron chi connectivity index (χ4n) is 5.07. The molecule has 1 aliphatic carbocycles. The number of carbonyl (C=O) groups is 1. The number of nitrogens with zero attached hydrogens (tertiary/aromatic N) is 1. The predicted molar refractivity (Wildman–Crippen MR) is 92.1 cm³/mol. The van der Waals surface area contributed by atoms with Crippen molar-refractivity contribution in [2.45, 2.75) is 45.1 Å². The molecule has 3 fully saturated rings. The minimum absolute atomic E-state index is 0.283. The van der Waals surface area contributed by atoms with Crippen molar-refractivity contribution >= 4 is 5.91 Å². The van der Waals surface area contributed by atoms with Gasteiger partial charge >= 0.3 is 0 Å². The largest absolute Gasteiger partial charge is 0.335 e. The summed E-state index contributed by atoms with van der Waals surface area (Å²) in [5.74, 6) is 2.26. The van der Waals surface area contributed by atoms with Crippen LogP contribution in [0.2, 0.25) is 0 Å². The van der Waals surface area contributed by atoms with Gasteiger partial charge in [-0.05, 0) is 42.7 Å². The summed E-state index contributed by atoms with van der Waals surface area (Å²) in [5, 5.41) is 3.54. The van der Waals surface area contributed by atoms with Gasteiger partial charge in [-0.15, -0.1) is 0 Å². The Hall–Kier alpha value is -1.35. The summed E-state index contributed by atoms with van der Waals surface area (Å²) in [5.41, 5.74) is 2.69. The second-order valence-corrected chi connectivity index (χ2v) is 7.78. The smallest absolute Gasteiger partial charge is 0.223 e. The van der Waals surface area contributed by atoms with E-state index in [-0.39, 0.29) is 6.04 Å². The van der Waals surface area contributed by atoms with Crippen molar-refractivity contribution in [2.24, 2.45) is 17.8 Å². The molecule has 2 aliphatic heterocycles. The fraction of sp³-hybridized carbons (Fsp3) is 0.650. The highest BCUT2D eigenvalue weighted by Gasteiger charge is 2.47. The molecule has 3 heteroatoms. The Morgan fingerprint density at radius 2 is 2.00 bits per heavy atom. The van der Waals surface area contributed by atoms with Crippen LogP contribution in [0.15, 0.2) is 24.3 Å². The van der Waals surface area contributed by atoms with Crippen molar-refractivity contribution in [3.05, 3.63) is 35.4 Å². The molecule has 0 radical (unpaired) electrons. The van der Waals surface area contributed by atoms with Gasteiger partial charge in [0.25, 0.3) is 0 Å². The van der Waals surface area contributed by atoms with Gasteiger partial charge < -0.3 is 10.2 Å². The van der Waals surface area contributed by atoms with E-state index < -0.39 is 0 Å². The minimum atomic E-state index is 0.283. The van der Waals surface area contributed by atoms with Crippen molar-refractivity contribution in [1.82, 2.24) is 10.2 Å². The van der Waals surface area contributed by atoms with Crippen molar-refractivity contribution in [2.75, 3.05) is 19.6 Å². The summed E-state index contributed by atoms with van der Waals surface area (Å²) in [6.45, 7) is 5.25. The molecular weight excluding hydrogens is 284 g/mol. The molecule has 1 amide bonds. The molecule has 23 heavy (non-hydrogen) atoms. The lowest BCUT2D eigenvalue weighted by Crippen LogP contribution is -2.35. The normalized spacial score (nSPS) is 30.8. The first-order valence-electron chi connectivity index (χ1n) is 9.29. The molecule has 0 unspecified atom stereocenters. The second-order valence-electron chi connectivity index (χ2n) is 7.78.